The molecule has 2 aromatic rings. The second-order valence-corrected chi connectivity index (χ2v) is 4.21. The molecular weight excluding hydrogens is 266 g/mol. The van der Waals surface area contributed by atoms with Crippen molar-refractivity contribution in [1.29, 1.82) is 0 Å². The molecule has 4 nitrogen and oxygen atoms in total. The minimum atomic E-state index is -2.88. The minimum absolute atomic E-state index is 0.0133. The van der Waals surface area contributed by atoms with E-state index in [-0.39, 0.29) is 11.5 Å². The molecule has 0 unspecified atom stereocenters. The second kappa shape index (κ2) is 6.27. The Hall–Kier alpha value is -2.24. The monoisotopic (exact) mass is 282 g/mol. The van der Waals surface area contributed by atoms with Crippen LogP contribution >= 0.6 is 0 Å². The molecule has 108 valence electrons. The number of nitrogens with one attached hydrogen (secondary N) is 1. The van der Waals surface area contributed by atoms with Gasteiger partial charge in [-0.05, 0) is 24.3 Å². The summed E-state index contributed by atoms with van der Waals surface area (Å²) in [5.41, 5.74) is 1.76. The third-order valence-electron chi connectivity index (χ3n) is 2.90. The Bertz CT molecular complexity index is 570. The topological polar surface area (TPSA) is 35.4 Å². The van der Waals surface area contributed by atoms with Gasteiger partial charge in [0.25, 0.3) is 0 Å². The molecule has 0 bridgehead atoms. The number of hydrogen-bond donors (Lipinski definition) is 1. The van der Waals surface area contributed by atoms with Gasteiger partial charge in [-0.25, -0.2) is 0 Å². The molecular formula is C14H16F2N2O2. The Kier molecular flexibility index (Phi) is 4.45. The molecule has 1 heterocycles. The molecule has 0 amide bonds. The van der Waals surface area contributed by atoms with Crippen LogP contribution in [-0.4, -0.2) is 18.3 Å². The van der Waals surface area contributed by atoms with E-state index in [4.69, 9.17) is 4.74 Å². The van der Waals surface area contributed by atoms with Gasteiger partial charge >= 0.3 is 6.61 Å². The molecule has 1 aromatic heterocycles. The van der Waals surface area contributed by atoms with Crippen molar-refractivity contribution < 1.29 is 18.3 Å². The quantitative estimate of drug-likeness (QED) is 0.883. The molecule has 6 heteroatoms. The van der Waals surface area contributed by atoms with Crippen LogP contribution in [0.2, 0.25) is 0 Å². The highest BCUT2D eigenvalue weighted by Gasteiger charge is 2.11. The number of methoxy groups -OCH3 is 1. The normalized spacial score (nSPS) is 10.7. The van der Waals surface area contributed by atoms with Crippen molar-refractivity contribution in [3.63, 3.8) is 0 Å². The summed E-state index contributed by atoms with van der Waals surface area (Å²) in [6.07, 6.45) is 1.94. The number of aromatic nitrogens is 1. The molecule has 1 N–H and O–H groups in total. The predicted molar refractivity (Wildman–Crippen MR) is 72.4 cm³/mol. The molecule has 0 saturated carbocycles. The molecule has 0 aliphatic rings. The van der Waals surface area contributed by atoms with Gasteiger partial charge in [0.05, 0.1) is 13.7 Å². The molecule has 0 radical (unpaired) electrons. The van der Waals surface area contributed by atoms with E-state index in [9.17, 15) is 8.78 Å². The number of nitrogens with zero attached hydrogens (tertiary/aromatic N) is 1. The van der Waals surface area contributed by atoms with E-state index in [0.29, 0.717) is 12.2 Å². The number of aryl methyl sites for hydroxylation is 1. The van der Waals surface area contributed by atoms with Gasteiger partial charge in [0.2, 0.25) is 0 Å². The van der Waals surface area contributed by atoms with Gasteiger partial charge in [-0.1, -0.05) is 0 Å². The maximum atomic E-state index is 12.3. The number of anilines is 1. The van der Waals surface area contributed by atoms with Gasteiger partial charge in [0.15, 0.2) is 11.5 Å². The zero-order valence-corrected chi connectivity index (χ0v) is 11.3. The Morgan fingerprint density at radius 2 is 2.05 bits per heavy atom. The van der Waals surface area contributed by atoms with Crippen LogP contribution in [0.3, 0.4) is 0 Å². The van der Waals surface area contributed by atoms with Crippen molar-refractivity contribution in [2.75, 3.05) is 12.4 Å². The van der Waals surface area contributed by atoms with Crippen LogP contribution in [0.25, 0.3) is 0 Å². The molecule has 20 heavy (non-hydrogen) atoms. The first-order valence-corrected chi connectivity index (χ1v) is 6.07. The third kappa shape index (κ3) is 3.40. The lowest BCUT2D eigenvalue weighted by molar-refractivity contribution is -0.0511. The highest BCUT2D eigenvalue weighted by Crippen LogP contribution is 2.31. The standard InChI is InChI=1S/C14H16F2N2O2/c1-18-7-3-4-11(18)9-17-10-5-6-12(19-2)13(8-10)20-14(15)16/h3-8,14,17H,9H2,1-2H3. The van der Waals surface area contributed by atoms with E-state index in [1.807, 2.05) is 29.9 Å². The van der Waals surface area contributed by atoms with Crippen LogP contribution < -0.4 is 14.8 Å². The zero-order chi connectivity index (χ0) is 14.5. The van der Waals surface area contributed by atoms with E-state index in [0.717, 1.165) is 5.69 Å². The fourth-order valence-electron chi connectivity index (χ4n) is 1.85. The van der Waals surface area contributed by atoms with Crippen LogP contribution in [0, 0.1) is 0 Å². The first-order chi connectivity index (χ1) is 9.60. The largest absolute Gasteiger partial charge is 0.493 e. The van der Waals surface area contributed by atoms with Gasteiger partial charge in [0.1, 0.15) is 0 Å². The number of rotatable bonds is 6. The van der Waals surface area contributed by atoms with E-state index < -0.39 is 6.61 Å². The lowest BCUT2D eigenvalue weighted by Crippen LogP contribution is -2.06. The molecule has 0 aliphatic carbocycles. The molecule has 0 aliphatic heterocycles. The van der Waals surface area contributed by atoms with Crippen molar-refractivity contribution in [3.8, 4) is 11.5 Å². The van der Waals surface area contributed by atoms with Gasteiger partial charge in [0, 0.05) is 30.7 Å². The molecule has 0 saturated heterocycles. The average Bonchev–Trinajstić information content (AvgIpc) is 2.81. The van der Waals surface area contributed by atoms with Gasteiger partial charge in [-0.3, -0.25) is 0 Å². The van der Waals surface area contributed by atoms with E-state index in [2.05, 4.69) is 10.1 Å². The average molecular weight is 282 g/mol. The third-order valence-corrected chi connectivity index (χ3v) is 2.90. The van der Waals surface area contributed by atoms with Crippen LogP contribution in [-0.2, 0) is 13.6 Å². The van der Waals surface area contributed by atoms with Crippen molar-refractivity contribution in [2.45, 2.75) is 13.2 Å². The maximum absolute atomic E-state index is 12.3. The Morgan fingerprint density at radius 1 is 1.25 bits per heavy atom. The van der Waals surface area contributed by atoms with Crippen molar-refractivity contribution in [3.05, 3.63) is 42.2 Å². The van der Waals surface area contributed by atoms with Gasteiger partial charge in [-0.2, -0.15) is 8.78 Å². The zero-order valence-electron chi connectivity index (χ0n) is 11.3. The van der Waals surface area contributed by atoms with Crippen LogP contribution in [0.15, 0.2) is 36.5 Å². The van der Waals surface area contributed by atoms with Gasteiger partial charge in [-0.15, -0.1) is 0 Å². The summed E-state index contributed by atoms with van der Waals surface area (Å²) in [6, 6.07) is 8.75. The SMILES string of the molecule is COc1ccc(NCc2cccn2C)cc1OC(F)F. The number of hydrogen-bond acceptors (Lipinski definition) is 3. The Labute approximate surface area is 115 Å². The molecule has 0 fully saturated rings. The molecule has 1 aromatic carbocycles. The second-order valence-electron chi connectivity index (χ2n) is 4.21. The van der Waals surface area contributed by atoms with Crippen LogP contribution in [0.5, 0.6) is 11.5 Å². The minimum Gasteiger partial charge on any atom is -0.493 e. The van der Waals surface area contributed by atoms with Crippen molar-refractivity contribution in [2.24, 2.45) is 7.05 Å². The number of ether oxygens (including phenoxy) is 2. The first-order valence-electron chi connectivity index (χ1n) is 6.07. The van der Waals surface area contributed by atoms with Crippen molar-refractivity contribution in [1.82, 2.24) is 4.57 Å². The van der Waals surface area contributed by atoms with Crippen LogP contribution in [0.1, 0.15) is 5.69 Å². The fourth-order valence-corrected chi connectivity index (χ4v) is 1.85. The Morgan fingerprint density at radius 3 is 2.65 bits per heavy atom. The number of halogens is 2. The highest BCUT2D eigenvalue weighted by molar-refractivity contribution is 5.54. The number of benzene rings is 1. The Balaban J connectivity index is 2.10. The van der Waals surface area contributed by atoms with E-state index in [1.165, 1.54) is 13.2 Å². The molecule has 2 rings (SSSR count). The van der Waals surface area contributed by atoms with Crippen LogP contribution in [0.4, 0.5) is 14.5 Å². The predicted octanol–water partition coefficient (Wildman–Crippen LogP) is 3.25. The lowest BCUT2D eigenvalue weighted by atomic mass is 10.2. The van der Waals surface area contributed by atoms with Crippen molar-refractivity contribution >= 4 is 5.69 Å². The smallest absolute Gasteiger partial charge is 0.387 e. The fraction of sp³-hybridized carbons (Fsp3) is 0.286. The lowest BCUT2D eigenvalue weighted by Gasteiger charge is -2.13. The summed E-state index contributed by atoms with van der Waals surface area (Å²) in [5.74, 6) is 0.286. The maximum Gasteiger partial charge on any atom is 0.387 e. The van der Waals surface area contributed by atoms with E-state index >= 15 is 0 Å². The summed E-state index contributed by atoms with van der Waals surface area (Å²) in [7, 11) is 3.35. The summed E-state index contributed by atoms with van der Waals surface area (Å²) in [4.78, 5) is 0. The summed E-state index contributed by atoms with van der Waals surface area (Å²) < 4.78 is 36.1. The first kappa shape index (κ1) is 14.2. The van der Waals surface area contributed by atoms with E-state index in [1.54, 1.807) is 12.1 Å². The van der Waals surface area contributed by atoms with Gasteiger partial charge < -0.3 is 19.4 Å². The summed E-state index contributed by atoms with van der Waals surface area (Å²) >= 11 is 0. The highest BCUT2D eigenvalue weighted by atomic mass is 19.3. The molecule has 0 spiro atoms. The number of alkyl halides is 2. The molecule has 0 atom stereocenters. The summed E-state index contributed by atoms with van der Waals surface area (Å²) in [5, 5.41) is 3.15. The summed E-state index contributed by atoms with van der Waals surface area (Å²) in [6.45, 7) is -2.30.